The third-order valence-corrected chi connectivity index (χ3v) is 6.34. The lowest BCUT2D eigenvalue weighted by Crippen LogP contribution is -2.05. The van der Waals surface area contributed by atoms with Gasteiger partial charge < -0.3 is 9.42 Å². The van der Waals surface area contributed by atoms with Gasteiger partial charge in [0, 0.05) is 5.56 Å². The average Bonchev–Trinajstić information content (AvgIpc) is 2.98. The van der Waals surface area contributed by atoms with Gasteiger partial charge in [0.05, 0.1) is 22.5 Å². The van der Waals surface area contributed by atoms with Crippen LogP contribution in [-0.4, -0.2) is 16.0 Å². The molecular formula is C18H20NO3PS. The SMILES string of the molecule is CCC(C)OP(=O)(O)Cc1ccc(-c2nc3ccccc3s2)cc1. The zero-order valence-corrected chi connectivity index (χ0v) is 15.4. The van der Waals surface area contributed by atoms with Crippen LogP contribution < -0.4 is 0 Å². The highest BCUT2D eigenvalue weighted by atomic mass is 32.1. The van der Waals surface area contributed by atoms with Crippen molar-refractivity contribution < 1.29 is 14.0 Å². The summed E-state index contributed by atoms with van der Waals surface area (Å²) in [6.45, 7) is 3.73. The van der Waals surface area contributed by atoms with E-state index in [4.69, 9.17) is 4.52 Å². The number of thiazole rings is 1. The van der Waals surface area contributed by atoms with Crippen LogP contribution in [-0.2, 0) is 15.3 Å². The molecule has 0 saturated heterocycles. The summed E-state index contributed by atoms with van der Waals surface area (Å²) < 4.78 is 18.5. The van der Waals surface area contributed by atoms with Crippen LogP contribution in [0.5, 0.6) is 0 Å². The van der Waals surface area contributed by atoms with Gasteiger partial charge in [-0.05, 0) is 31.0 Å². The number of fused-ring (bicyclic) bond motifs is 1. The zero-order valence-electron chi connectivity index (χ0n) is 13.7. The molecule has 0 radical (unpaired) electrons. The molecule has 0 aliphatic heterocycles. The first-order chi connectivity index (χ1) is 11.5. The molecule has 2 aromatic carbocycles. The number of rotatable bonds is 6. The highest BCUT2D eigenvalue weighted by Gasteiger charge is 2.22. The fourth-order valence-corrected chi connectivity index (χ4v) is 4.80. The molecule has 0 spiro atoms. The van der Waals surface area contributed by atoms with Crippen molar-refractivity contribution in [1.82, 2.24) is 4.98 Å². The van der Waals surface area contributed by atoms with Gasteiger partial charge in [-0.25, -0.2) is 4.98 Å². The van der Waals surface area contributed by atoms with Gasteiger partial charge in [0.1, 0.15) is 5.01 Å². The van der Waals surface area contributed by atoms with Crippen molar-refractivity contribution in [2.24, 2.45) is 0 Å². The first kappa shape index (κ1) is 17.3. The fourth-order valence-electron chi connectivity index (χ4n) is 2.37. The van der Waals surface area contributed by atoms with Gasteiger partial charge in [0.25, 0.3) is 0 Å². The Hall–Kier alpha value is -1.52. The van der Waals surface area contributed by atoms with Crippen molar-refractivity contribution in [3.8, 4) is 10.6 Å². The molecule has 3 aromatic rings. The summed E-state index contributed by atoms with van der Waals surface area (Å²) in [4.78, 5) is 14.6. The maximum atomic E-state index is 12.1. The predicted octanol–water partition coefficient (Wildman–Crippen LogP) is 5.46. The predicted molar refractivity (Wildman–Crippen MR) is 99.4 cm³/mol. The van der Waals surface area contributed by atoms with Crippen LogP contribution in [0.1, 0.15) is 25.8 Å². The molecule has 0 saturated carbocycles. The molecule has 0 bridgehead atoms. The molecule has 0 aliphatic carbocycles. The Morgan fingerprint density at radius 3 is 2.58 bits per heavy atom. The van der Waals surface area contributed by atoms with Crippen LogP contribution in [0.25, 0.3) is 20.8 Å². The Morgan fingerprint density at radius 2 is 1.92 bits per heavy atom. The lowest BCUT2D eigenvalue weighted by molar-refractivity contribution is 0.185. The standard InChI is InChI=1S/C18H20NO3PS/c1-3-13(2)22-23(20,21)12-14-8-10-15(11-9-14)18-19-16-6-4-5-7-17(16)24-18/h4-11,13H,3,12H2,1-2H3,(H,20,21). The Kier molecular flexibility index (Phi) is 5.16. The number of hydrogen-bond acceptors (Lipinski definition) is 4. The highest BCUT2D eigenvalue weighted by molar-refractivity contribution is 7.52. The fraction of sp³-hybridized carbons (Fsp3) is 0.278. The smallest absolute Gasteiger partial charge is 0.324 e. The van der Waals surface area contributed by atoms with Gasteiger partial charge in [0.2, 0.25) is 0 Å². The Bertz CT molecular complexity index is 842. The molecule has 1 N–H and O–H groups in total. The monoisotopic (exact) mass is 361 g/mol. The summed E-state index contributed by atoms with van der Waals surface area (Å²) in [5, 5.41) is 0.950. The Labute approximate surface area is 145 Å². The van der Waals surface area contributed by atoms with Crippen molar-refractivity contribution in [1.29, 1.82) is 0 Å². The largest absolute Gasteiger partial charge is 0.332 e. The van der Waals surface area contributed by atoms with E-state index >= 15 is 0 Å². The van der Waals surface area contributed by atoms with Gasteiger partial charge in [-0.15, -0.1) is 11.3 Å². The summed E-state index contributed by atoms with van der Waals surface area (Å²) in [6.07, 6.45) is 0.515. The van der Waals surface area contributed by atoms with Crippen LogP contribution in [0, 0.1) is 0 Å². The van der Waals surface area contributed by atoms with E-state index in [1.807, 2.05) is 49.4 Å². The van der Waals surface area contributed by atoms with Crippen LogP contribution in [0.4, 0.5) is 0 Å². The second kappa shape index (κ2) is 7.16. The lowest BCUT2D eigenvalue weighted by atomic mass is 10.2. The third kappa shape index (κ3) is 4.11. The van der Waals surface area contributed by atoms with E-state index in [2.05, 4.69) is 11.1 Å². The number of aromatic nitrogens is 1. The normalized spacial score (nSPS) is 15.3. The average molecular weight is 361 g/mol. The van der Waals surface area contributed by atoms with Crippen LogP contribution in [0.15, 0.2) is 48.5 Å². The first-order valence-electron chi connectivity index (χ1n) is 7.92. The Balaban J connectivity index is 1.76. The molecule has 2 unspecified atom stereocenters. The third-order valence-electron chi connectivity index (χ3n) is 3.80. The maximum absolute atomic E-state index is 12.1. The molecule has 2 atom stereocenters. The topological polar surface area (TPSA) is 59.4 Å². The maximum Gasteiger partial charge on any atom is 0.332 e. The van der Waals surface area contributed by atoms with Crippen molar-refractivity contribution in [3.63, 3.8) is 0 Å². The van der Waals surface area contributed by atoms with Crippen molar-refractivity contribution in [2.45, 2.75) is 32.5 Å². The van der Waals surface area contributed by atoms with E-state index in [0.717, 1.165) is 26.4 Å². The minimum atomic E-state index is -3.61. The molecule has 24 heavy (non-hydrogen) atoms. The van der Waals surface area contributed by atoms with Gasteiger partial charge in [0.15, 0.2) is 0 Å². The second-order valence-electron chi connectivity index (χ2n) is 5.80. The van der Waals surface area contributed by atoms with Crippen molar-refractivity contribution in [3.05, 3.63) is 54.1 Å². The summed E-state index contributed by atoms with van der Waals surface area (Å²) in [5.74, 6) is 0. The molecule has 3 rings (SSSR count). The quantitative estimate of drug-likeness (QED) is 0.592. The number of benzene rings is 2. The van der Waals surface area contributed by atoms with E-state index in [0.29, 0.717) is 6.42 Å². The highest BCUT2D eigenvalue weighted by Crippen LogP contribution is 2.47. The van der Waals surface area contributed by atoms with Crippen LogP contribution >= 0.6 is 18.9 Å². The van der Waals surface area contributed by atoms with Gasteiger partial charge >= 0.3 is 7.60 Å². The molecule has 126 valence electrons. The Morgan fingerprint density at radius 1 is 1.21 bits per heavy atom. The zero-order chi connectivity index (χ0) is 17.2. The molecular weight excluding hydrogens is 341 g/mol. The van der Waals surface area contributed by atoms with E-state index < -0.39 is 7.60 Å². The van der Waals surface area contributed by atoms with Gasteiger partial charge in [-0.3, -0.25) is 4.57 Å². The lowest BCUT2D eigenvalue weighted by Gasteiger charge is -2.16. The van der Waals surface area contributed by atoms with Gasteiger partial charge in [-0.1, -0.05) is 43.3 Å². The summed E-state index contributed by atoms with van der Waals surface area (Å²) >= 11 is 1.64. The number of para-hydroxylation sites is 1. The first-order valence-corrected chi connectivity index (χ1v) is 10.5. The molecule has 0 amide bonds. The van der Waals surface area contributed by atoms with E-state index in [9.17, 15) is 9.46 Å². The molecule has 1 heterocycles. The molecule has 4 nitrogen and oxygen atoms in total. The minimum absolute atomic E-state index is 0.0253. The van der Waals surface area contributed by atoms with E-state index in [1.54, 1.807) is 18.3 Å². The number of hydrogen-bond donors (Lipinski definition) is 1. The minimum Gasteiger partial charge on any atom is -0.324 e. The van der Waals surface area contributed by atoms with Crippen molar-refractivity contribution >= 4 is 29.1 Å². The van der Waals surface area contributed by atoms with E-state index in [-0.39, 0.29) is 12.3 Å². The van der Waals surface area contributed by atoms with Gasteiger partial charge in [-0.2, -0.15) is 0 Å². The number of nitrogens with zero attached hydrogens (tertiary/aromatic N) is 1. The summed E-state index contributed by atoms with van der Waals surface area (Å²) in [7, 11) is -3.61. The molecule has 0 aliphatic rings. The molecule has 1 aromatic heterocycles. The summed E-state index contributed by atoms with van der Waals surface area (Å²) in [5.41, 5.74) is 2.79. The van der Waals surface area contributed by atoms with Crippen molar-refractivity contribution in [2.75, 3.05) is 0 Å². The van der Waals surface area contributed by atoms with Crippen LogP contribution in [0.3, 0.4) is 0 Å². The summed E-state index contributed by atoms with van der Waals surface area (Å²) in [6, 6.07) is 15.6. The second-order valence-corrected chi connectivity index (χ2v) is 8.64. The molecule has 0 fully saturated rings. The molecule has 6 heteroatoms. The van der Waals surface area contributed by atoms with Crippen LogP contribution in [0.2, 0.25) is 0 Å². The van der Waals surface area contributed by atoms with E-state index in [1.165, 1.54) is 0 Å².